The maximum Gasteiger partial charge on any atom is 0.249 e. The maximum absolute atomic E-state index is 14.4. The third-order valence-electron chi connectivity index (χ3n) is 7.40. The van der Waals surface area contributed by atoms with Crippen LogP contribution >= 0.6 is 34.3 Å². The Bertz CT molecular complexity index is 1290. The minimum atomic E-state index is -0.864. The van der Waals surface area contributed by atoms with Gasteiger partial charge in [-0.25, -0.2) is 0 Å². The lowest BCUT2D eigenvalue weighted by molar-refractivity contribution is -0.148. The molecule has 1 N–H and O–H groups in total. The molecular weight excluding hydrogens is 542 g/mol. The summed E-state index contributed by atoms with van der Waals surface area (Å²) in [6.07, 6.45) is 0. The summed E-state index contributed by atoms with van der Waals surface area (Å²) in [6, 6.07) is 11.5. The zero-order valence-corrected chi connectivity index (χ0v) is 23.7. The molecule has 2 fully saturated rings. The number of amides is 2. The van der Waals surface area contributed by atoms with E-state index >= 15 is 0 Å². The lowest BCUT2D eigenvalue weighted by Gasteiger charge is -2.36. The fourth-order valence-electron chi connectivity index (χ4n) is 5.71. The van der Waals surface area contributed by atoms with Crippen molar-refractivity contribution in [2.45, 2.75) is 24.9 Å². The predicted molar refractivity (Wildman–Crippen MR) is 150 cm³/mol. The van der Waals surface area contributed by atoms with Gasteiger partial charge in [-0.1, -0.05) is 29.8 Å². The van der Waals surface area contributed by atoms with Crippen molar-refractivity contribution in [2.75, 3.05) is 39.9 Å². The fourth-order valence-corrected chi connectivity index (χ4v) is 7.62. The van der Waals surface area contributed by atoms with Crippen LogP contribution in [0, 0.1) is 12.8 Å². The minimum absolute atomic E-state index is 0.0661. The molecular formula is C28H30ClN3O4S2. The third-order valence-corrected chi connectivity index (χ3v) is 9.62. The standard InChI is InChI=1S/C28H30ClN3O4S2/c1-17-9-15-38-27(17)24-23(26(34)20-4-3-14-37-20)22(18-5-7-19(29)8-6-18)25(32(24)21(33)16-36-2)28(35)31-12-10-30-11-13-31/h3-9,14-15,22-25,30H,10-13,16H2,1-2H3. The van der Waals surface area contributed by atoms with Gasteiger partial charge in [0.2, 0.25) is 11.8 Å². The lowest BCUT2D eigenvalue weighted by Crippen LogP contribution is -2.55. The van der Waals surface area contributed by atoms with Gasteiger partial charge in [0.25, 0.3) is 0 Å². The summed E-state index contributed by atoms with van der Waals surface area (Å²) in [5.74, 6) is -1.74. The molecule has 3 aromatic rings. The van der Waals surface area contributed by atoms with E-state index in [1.807, 2.05) is 52.9 Å². The number of rotatable bonds is 7. The van der Waals surface area contributed by atoms with Gasteiger partial charge in [-0.3, -0.25) is 14.4 Å². The molecule has 10 heteroatoms. The number of nitrogens with one attached hydrogen (secondary N) is 1. The highest BCUT2D eigenvalue weighted by atomic mass is 35.5. The van der Waals surface area contributed by atoms with Crippen molar-refractivity contribution in [1.82, 2.24) is 15.1 Å². The molecule has 2 saturated heterocycles. The molecule has 0 radical (unpaired) electrons. The molecule has 4 unspecified atom stereocenters. The fraction of sp³-hybridized carbons (Fsp3) is 0.393. The predicted octanol–water partition coefficient (Wildman–Crippen LogP) is 4.38. The molecule has 5 rings (SSSR count). The summed E-state index contributed by atoms with van der Waals surface area (Å²) in [6.45, 7) is 4.25. The average molecular weight is 572 g/mol. The number of benzene rings is 1. The van der Waals surface area contributed by atoms with E-state index in [0.29, 0.717) is 36.1 Å². The number of Topliss-reactive ketones (excluding diaryl/α,β-unsaturated/α-hetero) is 1. The molecule has 2 amide bonds. The molecule has 200 valence electrons. The lowest BCUT2D eigenvalue weighted by atomic mass is 9.78. The quantitative estimate of drug-likeness (QED) is 0.426. The second-order valence-corrected chi connectivity index (χ2v) is 11.9. The van der Waals surface area contributed by atoms with E-state index < -0.39 is 23.9 Å². The van der Waals surface area contributed by atoms with E-state index in [9.17, 15) is 14.4 Å². The van der Waals surface area contributed by atoms with Gasteiger partial charge in [0, 0.05) is 49.1 Å². The number of halogens is 1. The summed E-state index contributed by atoms with van der Waals surface area (Å²) in [5, 5.41) is 7.70. The van der Waals surface area contributed by atoms with E-state index in [1.165, 1.54) is 29.8 Å². The van der Waals surface area contributed by atoms with E-state index in [-0.39, 0.29) is 24.2 Å². The van der Waals surface area contributed by atoms with Crippen LogP contribution in [-0.4, -0.2) is 73.3 Å². The van der Waals surface area contributed by atoms with Gasteiger partial charge in [0.1, 0.15) is 12.6 Å². The number of methoxy groups -OCH3 is 1. The average Bonchev–Trinajstić information content (AvgIpc) is 3.68. The molecule has 2 aliphatic rings. The van der Waals surface area contributed by atoms with Crippen LogP contribution in [0.4, 0.5) is 0 Å². The number of thiophene rings is 2. The van der Waals surface area contributed by atoms with E-state index in [0.717, 1.165) is 16.0 Å². The van der Waals surface area contributed by atoms with Crippen LogP contribution in [0.25, 0.3) is 0 Å². The highest BCUT2D eigenvalue weighted by Crippen LogP contribution is 2.53. The van der Waals surface area contributed by atoms with Crippen LogP contribution in [-0.2, 0) is 14.3 Å². The summed E-state index contributed by atoms with van der Waals surface area (Å²) in [4.78, 5) is 47.5. The van der Waals surface area contributed by atoms with Crippen LogP contribution in [0.3, 0.4) is 0 Å². The van der Waals surface area contributed by atoms with Crippen LogP contribution < -0.4 is 5.32 Å². The van der Waals surface area contributed by atoms with Crippen molar-refractivity contribution >= 4 is 51.9 Å². The van der Waals surface area contributed by atoms with Crippen LogP contribution in [0.2, 0.25) is 5.02 Å². The second-order valence-electron chi connectivity index (χ2n) is 9.61. The summed E-state index contributed by atoms with van der Waals surface area (Å²) in [7, 11) is 1.47. The summed E-state index contributed by atoms with van der Waals surface area (Å²) < 4.78 is 5.29. The number of likely N-dealkylation sites (tertiary alicyclic amines) is 1. The Morgan fingerprint density at radius 1 is 1.05 bits per heavy atom. The van der Waals surface area contributed by atoms with Gasteiger partial charge in [0.15, 0.2) is 5.78 Å². The Morgan fingerprint density at radius 2 is 1.79 bits per heavy atom. The first-order valence-electron chi connectivity index (χ1n) is 12.6. The smallest absolute Gasteiger partial charge is 0.249 e. The number of hydrogen-bond donors (Lipinski definition) is 1. The van der Waals surface area contributed by atoms with Crippen LogP contribution in [0.1, 0.15) is 37.6 Å². The first-order valence-corrected chi connectivity index (χ1v) is 14.7. The Hall–Kier alpha value is -2.56. The van der Waals surface area contributed by atoms with Crippen molar-refractivity contribution in [3.8, 4) is 0 Å². The molecule has 4 heterocycles. The molecule has 1 aromatic carbocycles. The van der Waals surface area contributed by atoms with Gasteiger partial charge < -0.3 is 19.9 Å². The van der Waals surface area contributed by atoms with Gasteiger partial charge in [-0.05, 0) is 53.1 Å². The van der Waals surface area contributed by atoms with E-state index in [1.54, 1.807) is 17.0 Å². The molecule has 38 heavy (non-hydrogen) atoms. The summed E-state index contributed by atoms with van der Waals surface area (Å²) >= 11 is 9.14. The van der Waals surface area contributed by atoms with Gasteiger partial charge in [-0.2, -0.15) is 0 Å². The highest BCUT2D eigenvalue weighted by molar-refractivity contribution is 7.12. The molecule has 4 atom stereocenters. The Balaban J connectivity index is 1.74. The van der Waals surface area contributed by atoms with Crippen molar-refractivity contribution in [3.05, 3.63) is 79.1 Å². The molecule has 2 aromatic heterocycles. The Morgan fingerprint density at radius 3 is 2.39 bits per heavy atom. The number of carbonyl (C=O) groups excluding carboxylic acids is 3. The zero-order valence-electron chi connectivity index (χ0n) is 21.3. The monoisotopic (exact) mass is 571 g/mol. The molecule has 0 bridgehead atoms. The molecule has 0 aliphatic carbocycles. The largest absolute Gasteiger partial charge is 0.375 e. The number of carbonyl (C=O) groups is 3. The maximum atomic E-state index is 14.4. The normalized spacial score (nSPS) is 23.6. The number of piperazine rings is 1. The number of aryl methyl sites for hydroxylation is 1. The highest BCUT2D eigenvalue weighted by Gasteiger charge is 2.58. The van der Waals surface area contributed by atoms with Crippen molar-refractivity contribution in [2.24, 2.45) is 5.92 Å². The topological polar surface area (TPSA) is 79.0 Å². The Labute approximate surface area is 235 Å². The first-order chi connectivity index (χ1) is 18.4. The number of hydrogen-bond acceptors (Lipinski definition) is 7. The van der Waals surface area contributed by atoms with E-state index in [2.05, 4.69) is 5.32 Å². The number of ether oxygens (including phenoxy) is 1. The third kappa shape index (κ3) is 5.05. The second kappa shape index (κ2) is 11.7. The SMILES string of the molecule is COCC(=O)N1C(C(=O)N2CCNCC2)C(c2ccc(Cl)cc2)C(C(=O)c2cccs2)C1c1sccc1C. The molecule has 0 saturated carbocycles. The zero-order chi connectivity index (χ0) is 26.8. The molecule has 2 aliphatic heterocycles. The van der Waals surface area contributed by atoms with Crippen molar-refractivity contribution in [3.63, 3.8) is 0 Å². The van der Waals surface area contributed by atoms with Gasteiger partial charge in [0.05, 0.1) is 16.8 Å². The first kappa shape index (κ1) is 27.0. The van der Waals surface area contributed by atoms with Crippen molar-refractivity contribution in [1.29, 1.82) is 0 Å². The molecule has 0 spiro atoms. The molecule has 7 nitrogen and oxygen atoms in total. The van der Waals surface area contributed by atoms with Gasteiger partial charge in [-0.15, -0.1) is 22.7 Å². The number of nitrogens with zero attached hydrogens (tertiary/aromatic N) is 2. The number of ketones is 1. The van der Waals surface area contributed by atoms with Gasteiger partial charge >= 0.3 is 0 Å². The van der Waals surface area contributed by atoms with E-state index in [4.69, 9.17) is 16.3 Å². The minimum Gasteiger partial charge on any atom is -0.375 e. The van der Waals surface area contributed by atoms with Crippen LogP contribution in [0.5, 0.6) is 0 Å². The van der Waals surface area contributed by atoms with Crippen molar-refractivity contribution < 1.29 is 19.1 Å². The van der Waals surface area contributed by atoms with Crippen LogP contribution in [0.15, 0.2) is 53.2 Å². The summed E-state index contributed by atoms with van der Waals surface area (Å²) in [5.41, 5.74) is 1.80. The Kier molecular flexibility index (Phi) is 8.30.